The van der Waals surface area contributed by atoms with E-state index in [0.717, 1.165) is 12.2 Å². The van der Waals surface area contributed by atoms with Crippen LogP contribution >= 0.6 is 0 Å². The highest BCUT2D eigenvalue weighted by atomic mass is 16.5. The molecule has 5 heteroatoms. The number of benzene rings is 1. The normalized spacial score (nSPS) is 24.1. The minimum absolute atomic E-state index is 0.101. The van der Waals surface area contributed by atoms with Crippen molar-refractivity contribution in [2.75, 3.05) is 13.2 Å². The number of ether oxygens (including phenoxy) is 2. The molecule has 2 amide bonds. The van der Waals surface area contributed by atoms with Crippen LogP contribution in [0.5, 0.6) is 5.75 Å². The number of urea groups is 1. The van der Waals surface area contributed by atoms with E-state index in [0.29, 0.717) is 13.2 Å². The molecule has 0 radical (unpaired) electrons. The third kappa shape index (κ3) is 4.63. The number of amides is 2. The standard InChI is InChI=1S/C16H24N2O3/c1-12(13(2)21-14-7-5-4-6-8-14)17-15(19)18-16(3)9-10-20-11-16/h4-8,12-13H,9-11H2,1-3H3,(H2,17,18,19)/t12-,13+,16-/m1/s1. The molecule has 1 aliphatic heterocycles. The average Bonchev–Trinajstić information content (AvgIpc) is 2.85. The number of nitrogens with one attached hydrogen (secondary N) is 2. The van der Waals surface area contributed by atoms with Crippen LogP contribution in [-0.4, -0.2) is 36.9 Å². The summed E-state index contributed by atoms with van der Waals surface area (Å²) in [7, 11) is 0. The second-order valence-corrected chi connectivity index (χ2v) is 5.89. The molecule has 0 spiro atoms. The van der Waals surface area contributed by atoms with Gasteiger partial charge in [0.05, 0.1) is 18.2 Å². The van der Waals surface area contributed by atoms with Crippen LogP contribution in [0.2, 0.25) is 0 Å². The van der Waals surface area contributed by atoms with Gasteiger partial charge in [0, 0.05) is 6.61 Å². The van der Waals surface area contributed by atoms with Crippen LogP contribution in [0, 0.1) is 0 Å². The summed E-state index contributed by atoms with van der Waals surface area (Å²) in [5.41, 5.74) is -0.271. The third-order valence-electron chi connectivity index (χ3n) is 3.76. The lowest BCUT2D eigenvalue weighted by Crippen LogP contribution is -2.54. The topological polar surface area (TPSA) is 59.6 Å². The molecule has 1 heterocycles. The van der Waals surface area contributed by atoms with Crippen molar-refractivity contribution >= 4 is 6.03 Å². The Morgan fingerprint density at radius 1 is 1.33 bits per heavy atom. The Morgan fingerprint density at radius 2 is 2.05 bits per heavy atom. The quantitative estimate of drug-likeness (QED) is 0.875. The first kappa shape index (κ1) is 15.6. The van der Waals surface area contributed by atoms with Crippen LogP contribution in [-0.2, 0) is 4.74 Å². The van der Waals surface area contributed by atoms with Crippen molar-refractivity contribution in [3.8, 4) is 5.75 Å². The van der Waals surface area contributed by atoms with E-state index in [2.05, 4.69) is 10.6 Å². The number of carbonyl (C=O) groups is 1. The largest absolute Gasteiger partial charge is 0.489 e. The summed E-state index contributed by atoms with van der Waals surface area (Å²) in [6.45, 7) is 7.12. The zero-order valence-electron chi connectivity index (χ0n) is 12.9. The minimum atomic E-state index is -0.271. The first-order chi connectivity index (χ1) is 9.98. The van der Waals surface area contributed by atoms with Gasteiger partial charge in [0.15, 0.2) is 0 Å². The van der Waals surface area contributed by atoms with Crippen LogP contribution in [0.1, 0.15) is 27.2 Å². The van der Waals surface area contributed by atoms with Crippen LogP contribution in [0.25, 0.3) is 0 Å². The second kappa shape index (κ2) is 6.80. The fourth-order valence-electron chi connectivity index (χ4n) is 2.22. The number of hydrogen-bond donors (Lipinski definition) is 2. The summed E-state index contributed by atoms with van der Waals surface area (Å²) < 4.78 is 11.1. The summed E-state index contributed by atoms with van der Waals surface area (Å²) in [5.74, 6) is 0.801. The maximum atomic E-state index is 12.0. The van der Waals surface area contributed by atoms with Crippen molar-refractivity contribution < 1.29 is 14.3 Å². The molecule has 1 aliphatic rings. The predicted octanol–water partition coefficient (Wildman–Crippen LogP) is 2.32. The molecule has 3 atom stereocenters. The Bertz CT molecular complexity index is 458. The Morgan fingerprint density at radius 3 is 2.67 bits per heavy atom. The van der Waals surface area contributed by atoms with E-state index in [1.807, 2.05) is 51.1 Å². The first-order valence-corrected chi connectivity index (χ1v) is 7.37. The number of para-hydroxylation sites is 1. The number of hydrogen-bond acceptors (Lipinski definition) is 3. The molecule has 0 unspecified atom stereocenters. The van der Waals surface area contributed by atoms with Gasteiger partial charge < -0.3 is 20.1 Å². The molecule has 2 N–H and O–H groups in total. The Hall–Kier alpha value is -1.75. The Balaban J connectivity index is 1.80. The van der Waals surface area contributed by atoms with Crippen molar-refractivity contribution in [2.45, 2.75) is 44.9 Å². The van der Waals surface area contributed by atoms with Crippen molar-refractivity contribution in [1.29, 1.82) is 0 Å². The first-order valence-electron chi connectivity index (χ1n) is 7.37. The van der Waals surface area contributed by atoms with Crippen molar-refractivity contribution in [3.63, 3.8) is 0 Å². The second-order valence-electron chi connectivity index (χ2n) is 5.89. The smallest absolute Gasteiger partial charge is 0.315 e. The molecule has 1 aromatic rings. The lowest BCUT2D eigenvalue weighted by atomic mass is 10.0. The zero-order valence-corrected chi connectivity index (χ0v) is 12.9. The molecule has 2 rings (SSSR count). The van der Waals surface area contributed by atoms with Gasteiger partial charge in [0.2, 0.25) is 0 Å². The van der Waals surface area contributed by atoms with E-state index in [1.54, 1.807) is 0 Å². The van der Waals surface area contributed by atoms with E-state index in [9.17, 15) is 4.79 Å². The molecule has 5 nitrogen and oxygen atoms in total. The third-order valence-corrected chi connectivity index (χ3v) is 3.76. The maximum absolute atomic E-state index is 12.0. The lowest BCUT2D eigenvalue weighted by molar-refractivity contribution is 0.161. The van der Waals surface area contributed by atoms with Gasteiger partial charge in [-0.05, 0) is 39.3 Å². The highest BCUT2D eigenvalue weighted by molar-refractivity contribution is 5.75. The van der Waals surface area contributed by atoms with E-state index in [-0.39, 0.29) is 23.7 Å². The molecule has 0 aromatic heterocycles. The van der Waals surface area contributed by atoms with Gasteiger partial charge in [-0.2, -0.15) is 0 Å². The van der Waals surface area contributed by atoms with E-state index >= 15 is 0 Å². The van der Waals surface area contributed by atoms with Gasteiger partial charge in [-0.15, -0.1) is 0 Å². The lowest BCUT2D eigenvalue weighted by Gasteiger charge is -2.27. The van der Waals surface area contributed by atoms with Crippen LogP contribution in [0.4, 0.5) is 4.79 Å². The Labute approximate surface area is 126 Å². The average molecular weight is 292 g/mol. The summed E-state index contributed by atoms with van der Waals surface area (Å²) >= 11 is 0. The SMILES string of the molecule is C[C@H](Oc1ccccc1)[C@@H](C)NC(=O)N[C@]1(C)CCOC1. The van der Waals surface area contributed by atoms with Crippen molar-refractivity contribution in [3.05, 3.63) is 30.3 Å². The fourth-order valence-corrected chi connectivity index (χ4v) is 2.22. The van der Waals surface area contributed by atoms with E-state index in [1.165, 1.54) is 0 Å². The molecule has 1 aromatic carbocycles. The van der Waals surface area contributed by atoms with E-state index < -0.39 is 0 Å². The molecular formula is C16H24N2O3. The summed E-state index contributed by atoms with van der Waals surface area (Å²) in [4.78, 5) is 12.0. The van der Waals surface area contributed by atoms with Gasteiger partial charge in [0.25, 0.3) is 0 Å². The highest BCUT2D eigenvalue weighted by Gasteiger charge is 2.31. The summed E-state index contributed by atoms with van der Waals surface area (Å²) in [5, 5.41) is 5.90. The maximum Gasteiger partial charge on any atom is 0.315 e. The Kier molecular flexibility index (Phi) is 5.07. The summed E-state index contributed by atoms with van der Waals surface area (Å²) in [6.07, 6.45) is 0.719. The molecule has 1 fully saturated rings. The molecule has 116 valence electrons. The molecule has 21 heavy (non-hydrogen) atoms. The molecule has 0 bridgehead atoms. The van der Waals surface area contributed by atoms with Gasteiger partial charge in [-0.25, -0.2) is 4.79 Å². The number of carbonyl (C=O) groups excluding carboxylic acids is 1. The predicted molar refractivity (Wildman–Crippen MR) is 81.5 cm³/mol. The minimum Gasteiger partial charge on any atom is -0.489 e. The van der Waals surface area contributed by atoms with Gasteiger partial charge in [-0.1, -0.05) is 18.2 Å². The fraction of sp³-hybridized carbons (Fsp3) is 0.562. The van der Waals surface area contributed by atoms with Crippen molar-refractivity contribution in [1.82, 2.24) is 10.6 Å². The van der Waals surface area contributed by atoms with Crippen molar-refractivity contribution in [2.24, 2.45) is 0 Å². The van der Waals surface area contributed by atoms with Gasteiger partial charge >= 0.3 is 6.03 Å². The van der Waals surface area contributed by atoms with Crippen LogP contribution in [0.15, 0.2) is 30.3 Å². The molecular weight excluding hydrogens is 268 g/mol. The highest BCUT2D eigenvalue weighted by Crippen LogP contribution is 2.17. The summed E-state index contributed by atoms with van der Waals surface area (Å²) in [6, 6.07) is 9.31. The van der Waals surface area contributed by atoms with E-state index in [4.69, 9.17) is 9.47 Å². The van der Waals surface area contributed by atoms with Gasteiger partial charge in [0.1, 0.15) is 11.9 Å². The van der Waals surface area contributed by atoms with Crippen LogP contribution in [0.3, 0.4) is 0 Å². The monoisotopic (exact) mass is 292 g/mol. The molecule has 0 saturated carbocycles. The molecule has 1 saturated heterocycles. The zero-order chi connectivity index (χ0) is 15.3. The molecule has 0 aliphatic carbocycles. The van der Waals surface area contributed by atoms with Gasteiger partial charge in [-0.3, -0.25) is 0 Å². The number of rotatable bonds is 5. The van der Waals surface area contributed by atoms with Crippen LogP contribution < -0.4 is 15.4 Å².